The summed E-state index contributed by atoms with van der Waals surface area (Å²) in [5.74, 6) is 0.226. The number of alkyl halides is 3. The zero-order chi connectivity index (χ0) is 43.9. The molecular weight excluding hydrogens is 812 g/mol. The topological polar surface area (TPSA) is 56.5 Å². The van der Waals surface area contributed by atoms with Crippen molar-refractivity contribution in [1.29, 1.82) is 0 Å². The summed E-state index contributed by atoms with van der Waals surface area (Å²) in [5, 5.41) is 1.84. The molecule has 0 radical (unpaired) electrons. The summed E-state index contributed by atoms with van der Waals surface area (Å²) in [4.78, 5) is 20.6. The minimum Gasteiger partial charge on any atom is -0.308 e. The predicted molar refractivity (Wildman–Crippen MR) is 255 cm³/mol. The van der Waals surface area contributed by atoms with Crippen molar-refractivity contribution in [1.82, 2.24) is 24.5 Å². The first-order valence-electron chi connectivity index (χ1n) is 21.2. The van der Waals surface area contributed by atoms with Gasteiger partial charge in [-0.05, 0) is 53.6 Å². The molecule has 0 aliphatic heterocycles. The van der Waals surface area contributed by atoms with Crippen molar-refractivity contribution in [3.63, 3.8) is 0 Å². The SMILES string of the molecule is FC(F)(F)c1cc(-c2nc(-c3ccccc3)cc(-c3ccccc3)n2)c(-n2c3ccccc3c3cc(-c4ccccc4)ccc32)c(-c2nc(-c3ccccc3)cc(-c3ccccc3)n2)c1. The highest BCUT2D eigenvalue weighted by atomic mass is 19.4. The van der Waals surface area contributed by atoms with Crippen LogP contribution in [0.3, 0.4) is 0 Å². The minimum absolute atomic E-state index is 0.113. The maximum Gasteiger partial charge on any atom is 0.416 e. The van der Waals surface area contributed by atoms with Crippen LogP contribution in [0.4, 0.5) is 13.2 Å². The minimum atomic E-state index is -4.77. The Balaban J connectivity index is 1.30. The molecule has 3 heterocycles. The highest BCUT2D eigenvalue weighted by molar-refractivity contribution is 6.11. The number of aromatic nitrogens is 5. The summed E-state index contributed by atoms with van der Waals surface area (Å²) < 4.78 is 49.0. The Labute approximate surface area is 372 Å². The number of nitrogens with zero attached hydrogens (tertiary/aromatic N) is 5. The molecule has 0 aliphatic rings. The van der Waals surface area contributed by atoms with E-state index >= 15 is 13.2 Å². The van der Waals surface area contributed by atoms with Gasteiger partial charge in [0.1, 0.15) is 0 Å². The van der Waals surface area contributed by atoms with E-state index in [1.807, 2.05) is 187 Å². The van der Waals surface area contributed by atoms with Gasteiger partial charge in [0, 0.05) is 44.2 Å². The second-order valence-corrected chi connectivity index (χ2v) is 15.8. The molecule has 8 aromatic carbocycles. The molecule has 3 aromatic heterocycles. The lowest BCUT2D eigenvalue weighted by molar-refractivity contribution is -0.137. The number of halogens is 3. The molecule has 0 saturated heterocycles. The van der Waals surface area contributed by atoms with Crippen molar-refractivity contribution in [2.45, 2.75) is 6.18 Å². The lowest BCUT2D eigenvalue weighted by Gasteiger charge is -2.21. The molecule has 0 fully saturated rings. The van der Waals surface area contributed by atoms with Gasteiger partial charge >= 0.3 is 6.18 Å². The van der Waals surface area contributed by atoms with Crippen molar-refractivity contribution in [2.24, 2.45) is 0 Å². The number of benzene rings is 8. The van der Waals surface area contributed by atoms with Crippen molar-refractivity contribution >= 4 is 21.8 Å². The molecule has 0 N–H and O–H groups in total. The first kappa shape index (κ1) is 39.4. The Bertz CT molecular complexity index is 3240. The summed E-state index contributed by atoms with van der Waals surface area (Å²) in [7, 11) is 0. The molecule has 5 nitrogen and oxygen atoms in total. The molecular formula is C57H36F3N5. The molecule has 310 valence electrons. The molecule has 0 bridgehead atoms. The molecule has 0 unspecified atom stereocenters. The molecule has 65 heavy (non-hydrogen) atoms. The Kier molecular flexibility index (Phi) is 9.89. The van der Waals surface area contributed by atoms with Gasteiger partial charge in [-0.3, -0.25) is 0 Å². The third-order valence-corrected chi connectivity index (χ3v) is 11.7. The van der Waals surface area contributed by atoms with Gasteiger partial charge in [-0.15, -0.1) is 0 Å². The first-order chi connectivity index (χ1) is 31.9. The second kappa shape index (κ2) is 16.3. The lowest BCUT2D eigenvalue weighted by atomic mass is 9.98. The van der Waals surface area contributed by atoms with E-state index in [2.05, 4.69) is 24.3 Å². The van der Waals surface area contributed by atoms with E-state index in [-0.39, 0.29) is 22.8 Å². The van der Waals surface area contributed by atoms with E-state index < -0.39 is 11.7 Å². The normalized spacial score (nSPS) is 11.6. The monoisotopic (exact) mass is 847 g/mol. The van der Waals surface area contributed by atoms with Gasteiger partial charge in [-0.25, -0.2) is 19.9 Å². The molecule has 8 heteroatoms. The van der Waals surface area contributed by atoms with Gasteiger partial charge in [-0.1, -0.05) is 176 Å². The van der Waals surface area contributed by atoms with Crippen LogP contribution in [-0.4, -0.2) is 24.5 Å². The van der Waals surface area contributed by atoms with Gasteiger partial charge in [0.05, 0.1) is 45.1 Å². The average molecular weight is 848 g/mol. The fourth-order valence-electron chi connectivity index (χ4n) is 8.57. The Morgan fingerprint density at radius 1 is 0.323 bits per heavy atom. The molecule has 11 rings (SSSR count). The Morgan fingerprint density at radius 3 is 1.11 bits per heavy atom. The van der Waals surface area contributed by atoms with Crippen molar-refractivity contribution in [3.8, 4) is 84.6 Å². The number of fused-ring (bicyclic) bond motifs is 3. The predicted octanol–water partition coefficient (Wildman–Crippen LogP) is 15.1. The van der Waals surface area contributed by atoms with E-state index in [4.69, 9.17) is 19.9 Å². The van der Waals surface area contributed by atoms with Crippen LogP contribution in [0.15, 0.2) is 218 Å². The van der Waals surface area contributed by atoms with E-state index in [9.17, 15) is 0 Å². The van der Waals surface area contributed by atoms with Crippen LogP contribution in [0.1, 0.15) is 5.56 Å². The zero-order valence-corrected chi connectivity index (χ0v) is 34.7. The van der Waals surface area contributed by atoms with Crippen molar-refractivity contribution in [2.75, 3.05) is 0 Å². The Hall–Kier alpha value is -8.49. The first-order valence-corrected chi connectivity index (χ1v) is 21.2. The van der Waals surface area contributed by atoms with Gasteiger partial charge in [-0.2, -0.15) is 13.2 Å². The van der Waals surface area contributed by atoms with Crippen LogP contribution >= 0.6 is 0 Å². The van der Waals surface area contributed by atoms with Crippen LogP contribution < -0.4 is 0 Å². The summed E-state index contributed by atoms with van der Waals surface area (Å²) in [5.41, 5.74) is 8.84. The Morgan fingerprint density at radius 2 is 0.692 bits per heavy atom. The van der Waals surface area contributed by atoms with Crippen LogP contribution in [0.2, 0.25) is 0 Å². The number of rotatable bonds is 8. The van der Waals surface area contributed by atoms with Crippen LogP contribution in [-0.2, 0) is 6.18 Å². The number of para-hydroxylation sites is 1. The van der Waals surface area contributed by atoms with Crippen LogP contribution in [0.25, 0.3) is 106 Å². The van der Waals surface area contributed by atoms with Gasteiger partial charge in [0.2, 0.25) is 0 Å². The zero-order valence-electron chi connectivity index (χ0n) is 34.7. The molecule has 0 aliphatic carbocycles. The third-order valence-electron chi connectivity index (χ3n) is 11.7. The smallest absolute Gasteiger partial charge is 0.308 e. The van der Waals surface area contributed by atoms with E-state index in [1.54, 1.807) is 0 Å². The van der Waals surface area contributed by atoms with Crippen molar-refractivity contribution in [3.05, 3.63) is 224 Å². The van der Waals surface area contributed by atoms with Crippen LogP contribution in [0.5, 0.6) is 0 Å². The van der Waals surface area contributed by atoms with E-state index in [1.165, 1.54) is 12.1 Å². The van der Waals surface area contributed by atoms with Gasteiger partial charge in [0.15, 0.2) is 11.6 Å². The largest absolute Gasteiger partial charge is 0.416 e. The second-order valence-electron chi connectivity index (χ2n) is 15.8. The maximum absolute atomic E-state index is 15.7. The summed E-state index contributed by atoms with van der Waals surface area (Å²) >= 11 is 0. The third kappa shape index (κ3) is 7.51. The molecule has 0 saturated carbocycles. The maximum atomic E-state index is 15.7. The molecule has 0 amide bonds. The quantitative estimate of drug-likeness (QED) is 0.153. The van der Waals surface area contributed by atoms with Crippen LogP contribution in [0, 0.1) is 0 Å². The van der Waals surface area contributed by atoms with Gasteiger partial charge < -0.3 is 4.57 Å². The highest BCUT2D eigenvalue weighted by Gasteiger charge is 2.35. The van der Waals surface area contributed by atoms with Crippen molar-refractivity contribution < 1.29 is 13.2 Å². The molecule has 0 spiro atoms. The fraction of sp³-hybridized carbons (Fsp3) is 0.0175. The average Bonchev–Trinajstić information content (AvgIpc) is 3.70. The van der Waals surface area contributed by atoms with Gasteiger partial charge in [0.25, 0.3) is 0 Å². The van der Waals surface area contributed by atoms with E-state index in [0.717, 1.165) is 55.2 Å². The summed E-state index contributed by atoms with van der Waals surface area (Å²) in [6.07, 6.45) is -4.77. The highest BCUT2D eigenvalue weighted by Crippen LogP contribution is 2.45. The molecule has 0 atom stereocenters. The fourth-order valence-corrected chi connectivity index (χ4v) is 8.57. The number of hydrogen-bond donors (Lipinski definition) is 0. The molecule has 11 aromatic rings. The number of hydrogen-bond acceptors (Lipinski definition) is 4. The van der Waals surface area contributed by atoms with E-state index in [0.29, 0.717) is 28.5 Å². The standard InChI is InChI=1S/C57H36F3N5/c58-57(59,60)43-33-46(55-61-48(38-20-8-2-9-21-38)35-49(62-55)39-22-10-3-11-23-39)54(65-52-29-17-16-28-44(52)45-32-42(30-31-53(45)65)37-18-6-1-7-19-37)47(34-43)56-63-50(40-24-12-4-13-25-40)36-51(64-56)41-26-14-5-15-27-41/h1-36H. The lowest BCUT2D eigenvalue weighted by Crippen LogP contribution is -2.11. The summed E-state index contributed by atoms with van der Waals surface area (Å²) in [6, 6.07) is 68.9. The summed E-state index contributed by atoms with van der Waals surface area (Å²) in [6.45, 7) is 0.